The van der Waals surface area contributed by atoms with Crippen molar-refractivity contribution in [3.8, 4) is 0 Å². The quantitative estimate of drug-likeness (QED) is 0.539. The van der Waals surface area contributed by atoms with E-state index in [9.17, 15) is 24.1 Å². The third kappa shape index (κ3) is 4.26. The lowest BCUT2D eigenvalue weighted by Gasteiger charge is -2.08. The number of hydrogen-bond donors (Lipinski definition) is 1. The number of aromatic nitrogens is 2. The van der Waals surface area contributed by atoms with Gasteiger partial charge in [-0.15, -0.1) is 0 Å². The number of halogens is 1. The van der Waals surface area contributed by atoms with E-state index in [0.717, 1.165) is 27.9 Å². The zero-order valence-electron chi connectivity index (χ0n) is 14.8. The van der Waals surface area contributed by atoms with E-state index in [4.69, 9.17) is 0 Å². The first-order chi connectivity index (χ1) is 13.3. The SMILES string of the molecule is Cc1ccc(Cn2nc(C(=O)Nc3ccc(F)c([N+](=O)[O-])c3)ccc2=O)cc1. The Labute approximate surface area is 158 Å². The Bertz CT molecular complexity index is 1110. The van der Waals surface area contributed by atoms with E-state index in [1.807, 2.05) is 31.2 Å². The standard InChI is InChI=1S/C19H15FN4O4/c1-12-2-4-13(5-3-12)11-23-18(25)9-8-16(22-23)19(26)21-14-6-7-15(20)17(10-14)24(27)28/h2-10H,11H2,1H3,(H,21,26). The molecule has 0 spiro atoms. The molecule has 1 amide bonds. The highest BCUT2D eigenvalue weighted by Crippen LogP contribution is 2.21. The first-order valence-corrected chi connectivity index (χ1v) is 8.22. The first kappa shape index (κ1) is 18.9. The zero-order chi connectivity index (χ0) is 20.3. The Morgan fingerprint density at radius 2 is 1.89 bits per heavy atom. The molecule has 2 aromatic carbocycles. The molecule has 0 aliphatic heterocycles. The number of nitro benzene ring substituents is 1. The van der Waals surface area contributed by atoms with Crippen LogP contribution in [0, 0.1) is 22.9 Å². The average molecular weight is 382 g/mol. The molecule has 0 aliphatic carbocycles. The molecule has 142 valence electrons. The molecule has 1 N–H and O–H groups in total. The van der Waals surface area contributed by atoms with Gasteiger partial charge >= 0.3 is 5.69 Å². The minimum Gasteiger partial charge on any atom is -0.320 e. The first-order valence-electron chi connectivity index (χ1n) is 8.22. The molecule has 0 unspecified atom stereocenters. The van der Waals surface area contributed by atoms with Crippen LogP contribution in [0.2, 0.25) is 0 Å². The highest BCUT2D eigenvalue weighted by Gasteiger charge is 2.16. The van der Waals surface area contributed by atoms with Gasteiger partial charge in [0.15, 0.2) is 0 Å². The van der Waals surface area contributed by atoms with Gasteiger partial charge in [0.25, 0.3) is 11.5 Å². The molecule has 9 heteroatoms. The number of nitrogens with one attached hydrogen (secondary N) is 1. The van der Waals surface area contributed by atoms with Gasteiger partial charge in [0.1, 0.15) is 5.69 Å². The molecule has 0 fully saturated rings. The van der Waals surface area contributed by atoms with Crippen molar-refractivity contribution in [1.82, 2.24) is 9.78 Å². The predicted molar refractivity (Wildman–Crippen MR) is 99.8 cm³/mol. The Kier molecular flexibility index (Phi) is 5.25. The van der Waals surface area contributed by atoms with Crippen molar-refractivity contribution in [3.05, 3.63) is 97.7 Å². The Morgan fingerprint density at radius 1 is 1.18 bits per heavy atom. The third-order valence-electron chi connectivity index (χ3n) is 3.95. The monoisotopic (exact) mass is 382 g/mol. The molecule has 0 saturated carbocycles. The maximum atomic E-state index is 13.4. The van der Waals surface area contributed by atoms with Crippen LogP contribution in [-0.2, 0) is 6.54 Å². The fraction of sp³-hybridized carbons (Fsp3) is 0.105. The summed E-state index contributed by atoms with van der Waals surface area (Å²) in [5, 5.41) is 17.3. The lowest BCUT2D eigenvalue weighted by atomic mass is 10.1. The predicted octanol–water partition coefficient (Wildman–Crippen LogP) is 2.90. The summed E-state index contributed by atoms with van der Waals surface area (Å²) in [6.07, 6.45) is 0. The van der Waals surface area contributed by atoms with Crippen LogP contribution >= 0.6 is 0 Å². The van der Waals surface area contributed by atoms with Gasteiger partial charge in [0, 0.05) is 17.8 Å². The number of anilines is 1. The van der Waals surface area contributed by atoms with Crippen molar-refractivity contribution in [2.45, 2.75) is 13.5 Å². The van der Waals surface area contributed by atoms with Gasteiger partial charge in [-0.2, -0.15) is 9.49 Å². The van der Waals surface area contributed by atoms with Crippen molar-refractivity contribution in [2.24, 2.45) is 0 Å². The molecule has 0 radical (unpaired) electrons. The van der Waals surface area contributed by atoms with Gasteiger partial charge in [-0.1, -0.05) is 29.8 Å². The summed E-state index contributed by atoms with van der Waals surface area (Å²) in [6.45, 7) is 2.13. The van der Waals surface area contributed by atoms with Crippen molar-refractivity contribution < 1.29 is 14.1 Å². The van der Waals surface area contributed by atoms with Gasteiger partial charge < -0.3 is 5.32 Å². The number of rotatable bonds is 5. The molecule has 1 heterocycles. The van der Waals surface area contributed by atoms with E-state index < -0.39 is 22.3 Å². The number of hydrogen-bond acceptors (Lipinski definition) is 5. The van der Waals surface area contributed by atoms with Gasteiger partial charge in [0.05, 0.1) is 11.5 Å². The van der Waals surface area contributed by atoms with E-state index in [1.54, 1.807) is 0 Å². The van der Waals surface area contributed by atoms with Crippen molar-refractivity contribution in [1.29, 1.82) is 0 Å². The molecule has 8 nitrogen and oxygen atoms in total. The smallest absolute Gasteiger partial charge is 0.306 e. The molecule has 0 aliphatic rings. The van der Waals surface area contributed by atoms with E-state index in [-0.39, 0.29) is 23.5 Å². The second-order valence-electron chi connectivity index (χ2n) is 6.08. The van der Waals surface area contributed by atoms with Crippen LogP contribution in [0.4, 0.5) is 15.8 Å². The Hall–Kier alpha value is -3.88. The van der Waals surface area contributed by atoms with Crippen LogP contribution in [0.25, 0.3) is 0 Å². The summed E-state index contributed by atoms with van der Waals surface area (Å²) in [6, 6.07) is 13.0. The second-order valence-corrected chi connectivity index (χ2v) is 6.08. The van der Waals surface area contributed by atoms with Crippen LogP contribution in [0.1, 0.15) is 21.6 Å². The van der Waals surface area contributed by atoms with Gasteiger partial charge in [-0.05, 0) is 30.7 Å². The molecular weight excluding hydrogens is 367 g/mol. The van der Waals surface area contributed by atoms with Crippen molar-refractivity contribution >= 4 is 17.3 Å². The molecule has 28 heavy (non-hydrogen) atoms. The highest BCUT2D eigenvalue weighted by atomic mass is 19.1. The highest BCUT2D eigenvalue weighted by molar-refractivity contribution is 6.02. The number of carbonyl (C=O) groups excluding carboxylic acids is 1. The summed E-state index contributed by atoms with van der Waals surface area (Å²) < 4.78 is 14.6. The van der Waals surface area contributed by atoms with Gasteiger partial charge in [-0.25, -0.2) is 4.68 Å². The number of benzene rings is 2. The normalized spacial score (nSPS) is 10.5. The third-order valence-corrected chi connectivity index (χ3v) is 3.95. The van der Waals surface area contributed by atoms with Crippen molar-refractivity contribution in [3.63, 3.8) is 0 Å². The minimum atomic E-state index is -1.01. The minimum absolute atomic E-state index is 0.0381. The Morgan fingerprint density at radius 3 is 2.57 bits per heavy atom. The average Bonchev–Trinajstić information content (AvgIpc) is 2.66. The molecule has 3 aromatic rings. The second kappa shape index (κ2) is 7.78. The Balaban J connectivity index is 1.83. The number of aryl methyl sites for hydroxylation is 1. The number of amides is 1. The van der Waals surface area contributed by atoms with Crippen LogP contribution in [0.3, 0.4) is 0 Å². The maximum absolute atomic E-state index is 13.4. The van der Waals surface area contributed by atoms with Crippen LogP contribution in [-0.4, -0.2) is 20.6 Å². The van der Waals surface area contributed by atoms with Crippen LogP contribution in [0.5, 0.6) is 0 Å². The fourth-order valence-corrected chi connectivity index (χ4v) is 2.48. The molecule has 1 aromatic heterocycles. The largest absolute Gasteiger partial charge is 0.320 e. The lowest BCUT2D eigenvalue weighted by molar-refractivity contribution is -0.387. The van der Waals surface area contributed by atoms with E-state index in [0.29, 0.717) is 0 Å². The molecule has 3 rings (SSSR count). The number of nitrogens with zero attached hydrogens (tertiary/aromatic N) is 3. The van der Waals surface area contributed by atoms with Crippen LogP contribution in [0.15, 0.2) is 59.4 Å². The van der Waals surface area contributed by atoms with E-state index in [1.165, 1.54) is 18.2 Å². The molecular formula is C19H15FN4O4. The number of nitro groups is 1. The van der Waals surface area contributed by atoms with E-state index in [2.05, 4.69) is 10.4 Å². The summed E-state index contributed by atoms with van der Waals surface area (Å²) >= 11 is 0. The summed E-state index contributed by atoms with van der Waals surface area (Å²) in [4.78, 5) is 34.3. The zero-order valence-corrected chi connectivity index (χ0v) is 14.8. The van der Waals surface area contributed by atoms with Crippen molar-refractivity contribution in [2.75, 3.05) is 5.32 Å². The molecule has 0 saturated heterocycles. The maximum Gasteiger partial charge on any atom is 0.306 e. The molecule has 0 bridgehead atoms. The summed E-state index contributed by atoms with van der Waals surface area (Å²) in [5.41, 5.74) is 0.761. The summed E-state index contributed by atoms with van der Waals surface area (Å²) in [7, 11) is 0. The van der Waals surface area contributed by atoms with Gasteiger partial charge in [-0.3, -0.25) is 19.7 Å². The van der Waals surface area contributed by atoms with Crippen LogP contribution < -0.4 is 10.9 Å². The lowest BCUT2D eigenvalue weighted by Crippen LogP contribution is -2.26. The number of carbonyl (C=O) groups is 1. The summed E-state index contributed by atoms with van der Waals surface area (Å²) in [5.74, 6) is -1.69. The van der Waals surface area contributed by atoms with E-state index >= 15 is 0 Å². The topological polar surface area (TPSA) is 107 Å². The van der Waals surface area contributed by atoms with Gasteiger partial charge in [0.2, 0.25) is 5.82 Å². The fourth-order valence-electron chi connectivity index (χ4n) is 2.48. The molecule has 0 atom stereocenters.